The highest BCUT2D eigenvalue weighted by molar-refractivity contribution is 5.80. The van der Waals surface area contributed by atoms with E-state index in [2.05, 4.69) is 27.6 Å². The molecule has 206 valence electrons. The number of aliphatic hydroxyl groups excluding tert-OH is 1. The standard InChI is InChI=1S/C31H34N6O3/c1-20-15-21(2)36(35-20)26-7-3-5-23(16-26)29(18-30(38)39)37-28-11-10-27(17-24(28)19-33-37)40-14-12-25-9-8-22-6-4-13-32-31(22)34-25/h3,5,7-11,15-17,19,29-30,38-39H,4,6,12-14,18H2,1-2H3,(H,32,34). The maximum atomic E-state index is 9.96. The second-order valence-corrected chi connectivity index (χ2v) is 10.4. The van der Waals surface area contributed by atoms with Crippen molar-refractivity contribution in [3.8, 4) is 11.4 Å². The minimum absolute atomic E-state index is 0.0955. The van der Waals surface area contributed by atoms with Gasteiger partial charge in [0, 0.05) is 36.2 Å². The maximum absolute atomic E-state index is 9.96. The molecule has 3 aromatic heterocycles. The number of pyridine rings is 1. The van der Waals surface area contributed by atoms with E-state index in [4.69, 9.17) is 9.72 Å². The monoisotopic (exact) mass is 538 g/mol. The van der Waals surface area contributed by atoms with Gasteiger partial charge in [0.25, 0.3) is 0 Å². The molecule has 1 aliphatic rings. The third-order valence-electron chi connectivity index (χ3n) is 7.38. The number of nitrogens with zero attached hydrogens (tertiary/aromatic N) is 5. The summed E-state index contributed by atoms with van der Waals surface area (Å²) in [4.78, 5) is 4.75. The molecule has 40 heavy (non-hydrogen) atoms. The zero-order valence-corrected chi connectivity index (χ0v) is 22.8. The number of anilines is 1. The lowest BCUT2D eigenvalue weighted by Crippen LogP contribution is -2.19. The van der Waals surface area contributed by atoms with E-state index >= 15 is 0 Å². The molecule has 0 bridgehead atoms. The smallest absolute Gasteiger partial charge is 0.153 e. The number of aliphatic hydroxyl groups is 2. The van der Waals surface area contributed by atoms with Crippen LogP contribution < -0.4 is 10.1 Å². The van der Waals surface area contributed by atoms with E-state index in [9.17, 15) is 10.2 Å². The summed E-state index contributed by atoms with van der Waals surface area (Å²) in [5.41, 5.74) is 6.98. The Kier molecular flexibility index (Phi) is 7.23. The summed E-state index contributed by atoms with van der Waals surface area (Å²) < 4.78 is 9.82. The summed E-state index contributed by atoms with van der Waals surface area (Å²) in [6, 6.07) is 19.7. The van der Waals surface area contributed by atoms with Crippen LogP contribution in [-0.2, 0) is 12.8 Å². The number of hydrogen-bond acceptors (Lipinski definition) is 7. The molecule has 1 aliphatic heterocycles. The molecular weight excluding hydrogens is 504 g/mol. The fourth-order valence-corrected chi connectivity index (χ4v) is 5.48. The summed E-state index contributed by atoms with van der Waals surface area (Å²) in [6.07, 6.45) is 3.34. The largest absolute Gasteiger partial charge is 0.493 e. The van der Waals surface area contributed by atoms with Crippen LogP contribution in [0.5, 0.6) is 5.75 Å². The van der Waals surface area contributed by atoms with Gasteiger partial charge >= 0.3 is 0 Å². The molecule has 3 N–H and O–H groups in total. The lowest BCUT2D eigenvalue weighted by molar-refractivity contribution is -0.0520. The first kappa shape index (κ1) is 26.0. The van der Waals surface area contributed by atoms with Gasteiger partial charge in [-0.25, -0.2) is 9.67 Å². The second-order valence-electron chi connectivity index (χ2n) is 10.4. The molecule has 9 heteroatoms. The molecule has 1 atom stereocenters. The Labute approximate surface area is 233 Å². The SMILES string of the molecule is Cc1cc(C)n(-c2cccc(C(CC(O)O)n3ncc4cc(OCCc5ccc6c(n5)NCCC6)ccc43)c2)n1. The van der Waals surface area contributed by atoms with Crippen LogP contribution in [0.2, 0.25) is 0 Å². The molecule has 1 unspecified atom stereocenters. The molecule has 9 nitrogen and oxygen atoms in total. The second kappa shape index (κ2) is 11.1. The fraction of sp³-hybridized carbons (Fsp3) is 0.323. The molecule has 0 saturated carbocycles. The molecule has 6 rings (SSSR count). The van der Waals surface area contributed by atoms with Gasteiger partial charge in [0.05, 0.1) is 35.7 Å². The predicted molar refractivity (Wildman–Crippen MR) is 154 cm³/mol. The lowest BCUT2D eigenvalue weighted by atomic mass is 10.0. The van der Waals surface area contributed by atoms with E-state index in [1.165, 1.54) is 5.56 Å². The van der Waals surface area contributed by atoms with E-state index < -0.39 is 6.29 Å². The Hall–Kier alpha value is -4.21. The van der Waals surface area contributed by atoms with Crippen molar-refractivity contribution in [2.24, 2.45) is 0 Å². The van der Waals surface area contributed by atoms with Crippen LogP contribution in [0.3, 0.4) is 0 Å². The number of fused-ring (bicyclic) bond motifs is 2. The zero-order chi connectivity index (χ0) is 27.6. The van der Waals surface area contributed by atoms with Crippen LogP contribution >= 0.6 is 0 Å². The molecule has 0 fully saturated rings. The van der Waals surface area contributed by atoms with Gasteiger partial charge in [0.15, 0.2) is 6.29 Å². The van der Waals surface area contributed by atoms with E-state index in [-0.39, 0.29) is 12.5 Å². The van der Waals surface area contributed by atoms with Crippen LogP contribution in [0.25, 0.3) is 16.6 Å². The first-order valence-corrected chi connectivity index (χ1v) is 13.8. The highest BCUT2D eigenvalue weighted by Crippen LogP contribution is 2.30. The number of rotatable bonds is 9. The van der Waals surface area contributed by atoms with Crippen LogP contribution in [0, 0.1) is 13.8 Å². The van der Waals surface area contributed by atoms with Crippen molar-refractivity contribution in [2.75, 3.05) is 18.5 Å². The first-order chi connectivity index (χ1) is 19.4. The van der Waals surface area contributed by atoms with Crippen molar-refractivity contribution in [1.29, 1.82) is 0 Å². The van der Waals surface area contributed by atoms with Crippen molar-refractivity contribution in [3.05, 3.63) is 95.1 Å². The number of hydrogen-bond donors (Lipinski definition) is 3. The summed E-state index contributed by atoms with van der Waals surface area (Å²) in [5, 5.41) is 33.5. The average molecular weight is 539 g/mol. The normalized spacial score (nSPS) is 13.8. The van der Waals surface area contributed by atoms with Gasteiger partial charge in [0.1, 0.15) is 11.6 Å². The van der Waals surface area contributed by atoms with Gasteiger partial charge in [-0.3, -0.25) is 4.68 Å². The first-order valence-electron chi connectivity index (χ1n) is 13.8. The Morgan fingerprint density at radius 3 is 2.77 bits per heavy atom. The molecule has 0 amide bonds. The minimum Gasteiger partial charge on any atom is -0.493 e. The number of nitrogens with one attached hydrogen (secondary N) is 1. The zero-order valence-electron chi connectivity index (χ0n) is 22.8. The molecule has 0 saturated heterocycles. The lowest BCUT2D eigenvalue weighted by Gasteiger charge is -2.21. The topological polar surface area (TPSA) is 110 Å². The molecule has 5 aromatic rings. The number of benzene rings is 2. The van der Waals surface area contributed by atoms with Gasteiger partial charge in [-0.05, 0) is 80.3 Å². The van der Waals surface area contributed by atoms with Crippen LogP contribution in [0.1, 0.15) is 47.1 Å². The van der Waals surface area contributed by atoms with Crippen LogP contribution in [0.4, 0.5) is 5.82 Å². The van der Waals surface area contributed by atoms with E-state index in [0.29, 0.717) is 13.0 Å². The maximum Gasteiger partial charge on any atom is 0.153 e. The minimum atomic E-state index is -1.49. The van der Waals surface area contributed by atoms with Crippen molar-refractivity contribution in [1.82, 2.24) is 24.5 Å². The van der Waals surface area contributed by atoms with Gasteiger partial charge < -0.3 is 20.3 Å². The average Bonchev–Trinajstić information content (AvgIpc) is 3.53. The van der Waals surface area contributed by atoms with Crippen molar-refractivity contribution in [2.45, 2.75) is 51.9 Å². The van der Waals surface area contributed by atoms with Gasteiger partial charge in [-0.1, -0.05) is 18.2 Å². The third-order valence-corrected chi connectivity index (χ3v) is 7.38. The Morgan fingerprint density at radius 2 is 1.95 bits per heavy atom. The van der Waals surface area contributed by atoms with Crippen LogP contribution in [-0.4, -0.2) is 54.2 Å². The Balaban J connectivity index is 1.21. The van der Waals surface area contributed by atoms with E-state index in [1.807, 2.05) is 71.7 Å². The van der Waals surface area contributed by atoms with Crippen molar-refractivity contribution in [3.63, 3.8) is 0 Å². The molecule has 0 aliphatic carbocycles. The highest BCUT2D eigenvalue weighted by atomic mass is 16.5. The van der Waals surface area contributed by atoms with E-state index in [0.717, 1.165) is 70.2 Å². The van der Waals surface area contributed by atoms with Gasteiger partial charge in [-0.2, -0.15) is 10.2 Å². The number of ether oxygens (including phenoxy) is 1. The fourth-order valence-electron chi connectivity index (χ4n) is 5.48. The quantitative estimate of drug-likeness (QED) is 0.237. The molecule has 0 radical (unpaired) electrons. The summed E-state index contributed by atoms with van der Waals surface area (Å²) in [5.74, 6) is 1.76. The Bertz CT molecular complexity index is 1640. The summed E-state index contributed by atoms with van der Waals surface area (Å²) in [7, 11) is 0. The molecule has 4 heterocycles. The van der Waals surface area contributed by atoms with E-state index in [1.54, 1.807) is 6.20 Å². The Morgan fingerprint density at radius 1 is 1.05 bits per heavy atom. The van der Waals surface area contributed by atoms with Gasteiger partial charge in [0.2, 0.25) is 0 Å². The predicted octanol–water partition coefficient (Wildman–Crippen LogP) is 4.50. The molecule has 0 spiro atoms. The third kappa shape index (κ3) is 5.43. The number of aromatic nitrogens is 5. The van der Waals surface area contributed by atoms with Gasteiger partial charge in [-0.15, -0.1) is 0 Å². The highest BCUT2D eigenvalue weighted by Gasteiger charge is 2.21. The summed E-state index contributed by atoms with van der Waals surface area (Å²) in [6.45, 7) is 5.47. The van der Waals surface area contributed by atoms with Crippen molar-refractivity contribution >= 4 is 16.7 Å². The van der Waals surface area contributed by atoms with Crippen molar-refractivity contribution < 1.29 is 14.9 Å². The molecular formula is C31H34N6O3. The molecule has 2 aromatic carbocycles. The summed E-state index contributed by atoms with van der Waals surface area (Å²) >= 11 is 0. The van der Waals surface area contributed by atoms with Crippen LogP contribution in [0.15, 0.2) is 66.9 Å². The number of aryl methyl sites for hydroxylation is 3.